The number of carbonyl (C=O) groups is 6. The molecule has 2 radical (unpaired) electrons. The number of oxime groups is 1. The van der Waals surface area contributed by atoms with Crippen molar-refractivity contribution in [3.05, 3.63) is 81.7 Å². The van der Waals surface area contributed by atoms with Crippen molar-refractivity contribution in [2.24, 2.45) is 5.16 Å². The normalized spacial score (nSPS) is 17.0. The van der Waals surface area contributed by atoms with Gasteiger partial charge in [0.2, 0.25) is 11.6 Å². The van der Waals surface area contributed by atoms with Gasteiger partial charge in [0.15, 0.2) is 23.6 Å². The van der Waals surface area contributed by atoms with Crippen molar-refractivity contribution in [2.45, 2.75) is 109 Å². The number of rotatable bonds is 18. The molecule has 0 bridgehead atoms. The first-order valence-electron chi connectivity index (χ1n) is 21.6. The molecule has 5 heterocycles. The molecule has 3 N–H and O–H groups in total. The number of aromatic nitrogens is 3. The minimum absolute atomic E-state index is 0.0210. The van der Waals surface area contributed by atoms with E-state index in [4.69, 9.17) is 43.4 Å². The predicted molar refractivity (Wildman–Crippen MR) is 256 cm³/mol. The van der Waals surface area contributed by atoms with Gasteiger partial charge in [0.05, 0.1) is 7.11 Å². The summed E-state index contributed by atoms with van der Waals surface area (Å²) in [7, 11) is 8.26. The molecule has 3 unspecified atom stereocenters. The molecule has 0 aliphatic carbocycles. The number of pyridine rings is 1. The molecule has 20 nitrogen and oxygen atoms in total. The first kappa shape index (κ1) is 52.2. The zero-order valence-electron chi connectivity index (χ0n) is 39.4. The average molecular weight is 1010 g/mol. The zero-order chi connectivity index (χ0) is 50.4. The molecule has 366 valence electrons. The van der Waals surface area contributed by atoms with Crippen molar-refractivity contribution in [1.82, 2.24) is 25.1 Å². The smallest absolute Gasteiger partial charge is 0.413 e. The Bertz CT molecular complexity index is 2660. The lowest BCUT2D eigenvalue weighted by atomic mass is 10.0. The highest BCUT2D eigenvalue weighted by atomic mass is 35.5. The van der Waals surface area contributed by atoms with Crippen molar-refractivity contribution in [3.8, 4) is 5.75 Å². The van der Waals surface area contributed by atoms with Crippen LogP contribution in [0.5, 0.6) is 5.75 Å². The number of anilines is 1. The highest BCUT2D eigenvalue weighted by Gasteiger charge is 2.55. The molecular weight excluding hydrogens is 955 g/mol. The summed E-state index contributed by atoms with van der Waals surface area (Å²) < 4.78 is 30.1. The number of aryl methyl sites for hydroxylation is 1. The zero-order valence-corrected chi connectivity index (χ0v) is 41.8. The molecule has 1 fully saturated rings. The monoisotopic (exact) mass is 1010 g/mol. The van der Waals surface area contributed by atoms with E-state index in [2.05, 4.69) is 30.7 Å². The van der Waals surface area contributed by atoms with E-state index in [0.717, 1.165) is 22.4 Å². The van der Waals surface area contributed by atoms with Crippen molar-refractivity contribution in [2.75, 3.05) is 25.2 Å². The van der Waals surface area contributed by atoms with Crippen LogP contribution in [-0.4, -0.2) is 119 Å². The maximum absolute atomic E-state index is 14.3. The number of β-lactam (4-membered cyclic amide) rings is 1. The van der Waals surface area contributed by atoms with Crippen LogP contribution in [0.3, 0.4) is 0 Å². The van der Waals surface area contributed by atoms with Gasteiger partial charge >= 0.3 is 32.1 Å². The number of benzene rings is 1. The van der Waals surface area contributed by atoms with Crippen molar-refractivity contribution < 1.29 is 61.8 Å². The van der Waals surface area contributed by atoms with Crippen molar-refractivity contribution in [3.63, 3.8) is 0 Å². The number of esters is 2. The number of thiazole rings is 1. The number of thioether (sulfide) groups is 1. The van der Waals surface area contributed by atoms with Gasteiger partial charge in [0.1, 0.15) is 62.3 Å². The number of hydrogen-bond acceptors (Lipinski definition) is 17. The molecule has 0 spiro atoms. The summed E-state index contributed by atoms with van der Waals surface area (Å²) in [6, 6.07) is 11.0. The summed E-state index contributed by atoms with van der Waals surface area (Å²) >= 11 is 8.62. The van der Waals surface area contributed by atoms with E-state index in [9.17, 15) is 28.8 Å². The molecule has 4 atom stereocenters. The Labute approximate surface area is 412 Å². The Morgan fingerprint density at radius 1 is 1.03 bits per heavy atom. The van der Waals surface area contributed by atoms with E-state index in [1.807, 2.05) is 60.5 Å². The van der Waals surface area contributed by atoms with E-state index in [1.165, 1.54) is 23.6 Å². The molecule has 2 aliphatic heterocycles. The van der Waals surface area contributed by atoms with Crippen LogP contribution in [0, 0.1) is 0 Å². The largest absolute Gasteiger partial charge is 0.541 e. The summed E-state index contributed by atoms with van der Waals surface area (Å²) in [5.74, 6) is -2.88. The lowest BCUT2D eigenvalue weighted by Crippen LogP contribution is -2.71. The second-order valence-electron chi connectivity index (χ2n) is 17.7. The lowest BCUT2D eigenvalue weighted by Gasteiger charge is -2.49. The SMILES string of the molecule is [B]OC(=O)[C@@H](C)O/N=C(\C(=O)NC1C(=O)N2C(C(=O)OCc3ccc(OC)cc3)=C(C[n+]3cccc4c3ccn4CCC(NC)C(=O)OC(C)(C)C)CSC12)c1nc(NC(=O)OC(C)(C)C)sc1Cl. The van der Waals surface area contributed by atoms with Gasteiger partial charge < -0.3 is 43.6 Å². The minimum Gasteiger partial charge on any atom is -0.541 e. The van der Waals surface area contributed by atoms with Gasteiger partial charge in [-0.25, -0.2) is 19.4 Å². The topological polar surface area (TPSA) is 231 Å². The fourth-order valence-corrected chi connectivity index (χ4v) is 9.44. The molecule has 1 saturated heterocycles. The van der Waals surface area contributed by atoms with Gasteiger partial charge in [-0.1, -0.05) is 40.2 Å². The van der Waals surface area contributed by atoms with Gasteiger partial charge in [-0.15, -0.1) is 11.8 Å². The Balaban J connectivity index is 1.27. The molecule has 6 rings (SSSR count). The van der Waals surface area contributed by atoms with Gasteiger partial charge in [-0.05, 0) is 85.7 Å². The third-order valence-corrected chi connectivity index (χ3v) is 12.8. The summed E-state index contributed by atoms with van der Waals surface area (Å²) in [6.07, 6.45) is 2.00. The molecule has 3 amide bonds. The van der Waals surface area contributed by atoms with Crippen LogP contribution in [-0.2, 0) is 67.4 Å². The van der Waals surface area contributed by atoms with Crippen molar-refractivity contribution >= 4 is 100 Å². The van der Waals surface area contributed by atoms with E-state index in [-0.39, 0.29) is 45.7 Å². The standard InChI is InChI=1S/C45H52BClN8O12S2/c1-24(39(58)66-46)67-52-32(31-35(47)69-42(50-31)51-43(61)65-45(5,6)7)36(56)49-33-37(57)55-34(41(60)63-22-25-12-14-27(62-9)15-13-25)26(23-68-38(33)55)21-54-18-10-11-29-30(54)17-20-53(29)19-16-28(48-8)40(59)64-44(2,3)4/h10-15,17-18,20,24,28,33,38,48H,16,19,21-23H2,1-9H3,(H-,49,50,51,56,61)/p+1/b52-32-/t24-,28?,33?,38?/m1/s1. The Morgan fingerprint density at radius 2 is 1.74 bits per heavy atom. The predicted octanol–water partition coefficient (Wildman–Crippen LogP) is 4.55. The summed E-state index contributed by atoms with van der Waals surface area (Å²) in [5.41, 5.74) is 0.683. The van der Waals surface area contributed by atoms with Crippen LogP contribution < -0.4 is 25.3 Å². The molecule has 1 aromatic carbocycles. The first-order valence-corrected chi connectivity index (χ1v) is 23.8. The fraction of sp³-hybridized carbons (Fsp3) is 0.444. The molecule has 69 heavy (non-hydrogen) atoms. The minimum atomic E-state index is -1.39. The molecule has 3 aromatic heterocycles. The van der Waals surface area contributed by atoms with Gasteiger partial charge in [0.25, 0.3) is 11.8 Å². The average Bonchev–Trinajstić information content (AvgIpc) is 3.88. The van der Waals surface area contributed by atoms with E-state index >= 15 is 0 Å². The highest BCUT2D eigenvalue weighted by Crippen LogP contribution is 2.41. The number of methoxy groups -OCH3 is 1. The van der Waals surface area contributed by atoms with Crippen molar-refractivity contribution in [1.29, 1.82) is 0 Å². The second kappa shape index (κ2) is 22.1. The Kier molecular flexibility index (Phi) is 16.7. The third kappa shape index (κ3) is 12.9. The summed E-state index contributed by atoms with van der Waals surface area (Å²) in [6.45, 7) is 12.3. The van der Waals surface area contributed by atoms with E-state index in [0.29, 0.717) is 29.9 Å². The molecule has 0 saturated carbocycles. The molecule has 2 aliphatic rings. The second-order valence-corrected chi connectivity index (χ2v) is 20.4. The highest BCUT2D eigenvalue weighted by molar-refractivity contribution is 8.00. The van der Waals surface area contributed by atoms with Crippen LogP contribution in [0.1, 0.15) is 66.1 Å². The maximum atomic E-state index is 14.3. The van der Waals surface area contributed by atoms with Gasteiger partial charge in [-0.3, -0.25) is 24.6 Å². The maximum Gasteiger partial charge on any atom is 0.413 e. The summed E-state index contributed by atoms with van der Waals surface area (Å²) in [5, 5.41) is 11.2. The Morgan fingerprint density at radius 3 is 2.39 bits per heavy atom. The number of fused-ring (bicyclic) bond motifs is 2. The quantitative estimate of drug-likeness (QED) is 0.0236. The van der Waals surface area contributed by atoms with Gasteiger partial charge in [0, 0.05) is 36.2 Å². The van der Waals surface area contributed by atoms with E-state index < -0.39 is 70.3 Å². The lowest BCUT2D eigenvalue weighted by molar-refractivity contribution is -0.663. The number of amides is 3. The summed E-state index contributed by atoms with van der Waals surface area (Å²) in [4.78, 5) is 91.0. The number of halogens is 1. The number of ether oxygens (including phenoxy) is 4. The number of carbonyl (C=O) groups excluding carboxylic acids is 6. The Hall–Kier alpha value is -6.17. The van der Waals surface area contributed by atoms with Crippen LogP contribution in [0.25, 0.3) is 11.0 Å². The number of hydrogen-bond donors (Lipinski definition) is 3. The number of nitrogens with one attached hydrogen (secondary N) is 3. The number of nitrogens with zero attached hydrogens (tertiary/aromatic N) is 5. The fourth-order valence-electron chi connectivity index (χ4n) is 7.07. The first-order chi connectivity index (χ1) is 32.6. The molecule has 4 aromatic rings. The van der Waals surface area contributed by atoms with E-state index in [1.54, 1.807) is 59.2 Å². The van der Waals surface area contributed by atoms with Gasteiger partial charge in [-0.2, -0.15) is 4.57 Å². The van der Waals surface area contributed by atoms with Crippen LogP contribution in [0.4, 0.5) is 9.93 Å². The molecule has 24 heteroatoms. The van der Waals surface area contributed by atoms with Crippen LogP contribution in [0.2, 0.25) is 4.34 Å². The molecular formula is C45H53BClN8O12S2+. The number of likely N-dealkylation sites (N-methyl/N-ethyl adjacent to an activating group) is 1. The third-order valence-electron chi connectivity index (χ3n) is 10.3. The van der Waals surface area contributed by atoms with Crippen LogP contribution in [0.15, 0.2) is 71.3 Å². The van der Waals surface area contributed by atoms with Crippen LogP contribution >= 0.6 is 34.7 Å².